The third-order valence-corrected chi connectivity index (χ3v) is 3.91. The minimum absolute atomic E-state index is 0. The number of halogens is 1. The molecule has 0 saturated carbocycles. The largest absolute Gasteiger partial charge is 0.495 e. The van der Waals surface area contributed by atoms with Crippen LogP contribution in [0, 0.1) is 0 Å². The molecule has 1 aromatic carbocycles. The summed E-state index contributed by atoms with van der Waals surface area (Å²) in [6.07, 6.45) is 4.77. The summed E-state index contributed by atoms with van der Waals surface area (Å²) in [4.78, 5) is 18.2. The number of hydrogen-bond acceptors (Lipinski definition) is 3. The van der Waals surface area contributed by atoms with Crippen molar-refractivity contribution in [3.05, 3.63) is 24.3 Å². The number of methoxy groups -OCH3 is 1. The van der Waals surface area contributed by atoms with Gasteiger partial charge >= 0.3 is 0 Å². The summed E-state index contributed by atoms with van der Waals surface area (Å²) in [7, 11) is 1.62. The van der Waals surface area contributed by atoms with Gasteiger partial charge in [0.15, 0.2) is 5.96 Å². The molecule has 2 rings (SSSR count). The fraction of sp³-hybridized carbons (Fsp3) is 0.529. The number of nitrogens with zero attached hydrogens (tertiary/aromatic N) is 2. The topological polar surface area (TPSA) is 80.0 Å². The number of aliphatic imine (C=N–C) groups is 1. The molecule has 0 spiro atoms. The number of nitrogens with two attached hydrogens (primary N) is 1. The average Bonchev–Trinajstić information content (AvgIpc) is 2.76. The normalized spacial score (nSPS) is 15.5. The number of ether oxygens (including phenoxy) is 1. The van der Waals surface area contributed by atoms with E-state index in [4.69, 9.17) is 10.5 Å². The first kappa shape index (κ1) is 20.5. The van der Waals surface area contributed by atoms with Crippen LogP contribution in [-0.2, 0) is 4.79 Å². The summed E-state index contributed by atoms with van der Waals surface area (Å²) >= 11 is 0. The van der Waals surface area contributed by atoms with Gasteiger partial charge in [-0.3, -0.25) is 9.79 Å². The summed E-state index contributed by atoms with van der Waals surface area (Å²) in [5.74, 6) is 1.35. The molecule has 0 bridgehead atoms. The van der Waals surface area contributed by atoms with E-state index in [9.17, 15) is 4.79 Å². The van der Waals surface area contributed by atoms with Gasteiger partial charge in [0.1, 0.15) is 5.75 Å². The maximum absolute atomic E-state index is 11.9. The zero-order valence-electron chi connectivity index (χ0n) is 14.2. The zero-order chi connectivity index (χ0) is 16.5. The Hall–Kier alpha value is -1.51. The number of benzene rings is 1. The van der Waals surface area contributed by atoms with E-state index in [0.29, 0.717) is 18.9 Å². The van der Waals surface area contributed by atoms with Gasteiger partial charge in [0, 0.05) is 26.1 Å². The molecule has 1 aromatic rings. The van der Waals surface area contributed by atoms with E-state index in [0.717, 1.165) is 50.2 Å². The van der Waals surface area contributed by atoms with Crippen LogP contribution >= 0.6 is 24.0 Å². The molecule has 0 unspecified atom stereocenters. The second kappa shape index (κ2) is 11.1. The van der Waals surface area contributed by atoms with Crippen molar-refractivity contribution in [3.8, 4) is 5.75 Å². The highest BCUT2D eigenvalue weighted by Gasteiger charge is 2.15. The third-order valence-electron chi connectivity index (χ3n) is 3.91. The second-order valence-electron chi connectivity index (χ2n) is 5.64. The molecule has 6 nitrogen and oxygen atoms in total. The highest BCUT2D eigenvalue weighted by molar-refractivity contribution is 14.0. The summed E-state index contributed by atoms with van der Waals surface area (Å²) in [5, 5.41) is 3.04. The Morgan fingerprint density at radius 3 is 2.92 bits per heavy atom. The Morgan fingerprint density at radius 2 is 2.12 bits per heavy atom. The lowest BCUT2D eigenvalue weighted by Crippen LogP contribution is -2.31. The number of carbonyl (C=O) groups excluding carboxylic acids is 1. The van der Waals surface area contributed by atoms with Crippen molar-refractivity contribution in [1.29, 1.82) is 0 Å². The molecule has 1 heterocycles. The predicted molar refractivity (Wildman–Crippen MR) is 108 cm³/mol. The van der Waals surface area contributed by atoms with Crippen molar-refractivity contribution in [3.63, 3.8) is 0 Å². The van der Waals surface area contributed by atoms with E-state index >= 15 is 0 Å². The number of hydrogen-bond donors (Lipinski definition) is 2. The maximum Gasteiger partial charge on any atom is 0.222 e. The van der Waals surface area contributed by atoms with Crippen LogP contribution in [0.3, 0.4) is 0 Å². The Morgan fingerprint density at radius 1 is 1.33 bits per heavy atom. The number of para-hydroxylation sites is 2. The predicted octanol–water partition coefficient (Wildman–Crippen LogP) is 2.83. The van der Waals surface area contributed by atoms with Gasteiger partial charge in [-0.15, -0.1) is 24.0 Å². The minimum atomic E-state index is 0. The van der Waals surface area contributed by atoms with E-state index < -0.39 is 0 Å². The van der Waals surface area contributed by atoms with Crippen molar-refractivity contribution in [2.75, 3.05) is 32.1 Å². The Bertz CT molecular complexity index is 551. The van der Waals surface area contributed by atoms with Crippen LogP contribution in [0.2, 0.25) is 0 Å². The van der Waals surface area contributed by atoms with Gasteiger partial charge in [0.05, 0.1) is 12.8 Å². The van der Waals surface area contributed by atoms with Crippen molar-refractivity contribution in [2.24, 2.45) is 10.7 Å². The molecular formula is C17H27IN4O2. The molecule has 1 aliphatic heterocycles. The molecule has 1 saturated heterocycles. The van der Waals surface area contributed by atoms with Crippen molar-refractivity contribution in [2.45, 2.75) is 32.1 Å². The molecule has 1 amide bonds. The highest BCUT2D eigenvalue weighted by atomic mass is 127. The van der Waals surface area contributed by atoms with Crippen LogP contribution in [0.25, 0.3) is 0 Å². The number of anilines is 1. The van der Waals surface area contributed by atoms with Crippen LogP contribution in [0.5, 0.6) is 5.75 Å². The van der Waals surface area contributed by atoms with Gasteiger partial charge in [-0.1, -0.05) is 18.6 Å². The van der Waals surface area contributed by atoms with Crippen LogP contribution in [0.15, 0.2) is 29.3 Å². The number of amides is 1. The summed E-state index contributed by atoms with van der Waals surface area (Å²) in [6.45, 7) is 2.22. The first-order valence-electron chi connectivity index (χ1n) is 8.18. The van der Waals surface area contributed by atoms with E-state index in [1.54, 1.807) is 7.11 Å². The zero-order valence-corrected chi connectivity index (χ0v) is 16.5. The van der Waals surface area contributed by atoms with E-state index in [1.165, 1.54) is 0 Å². The van der Waals surface area contributed by atoms with Crippen LogP contribution in [0.4, 0.5) is 5.69 Å². The van der Waals surface area contributed by atoms with Gasteiger partial charge in [-0.2, -0.15) is 0 Å². The molecule has 134 valence electrons. The SMILES string of the molecule is COc1ccccc1NC(N)=NCCCN1CCCCCC1=O.I. The Labute approximate surface area is 160 Å². The van der Waals surface area contributed by atoms with E-state index in [-0.39, 0.29) is 29.9 Å². The van der Waals surface area contributed by atoms with Gasteiger partial charge in [-0.05, 0) is 31.4 Å². The van der Waals surface area contributed by atoms with Crippen LogP contribution < -0.4 is 15.8 Å². The number of rotatable bonds is 6. The summed E-state index contributed by atoms with van der Waals surface area (Å²) < 4.78 is 5.26. The van der Waals surface area contributed by atoms with Crippen LogP contribution in [0.1, 0.15) is 32.1 Å². The fourth-order valence-electron chi connectivity index (χ4n) is 2.66. The maximum atomic E-state index is 11.9. The van der Waals surface area contributed by atoms with Gasteiger partial charge in [0.2, 0.25) is 5.91 Å². The first-order chi connectivity index (χ1) is 11.2. The molecular weight excluding hydrogens is 419 g/mol. The van der Waals surface area contributed by atoms with Crippen molar-refractivity contribution < 1.29 is 9.53 Å². The van der Waals surface area contributed by atoms with E-state index in [2.05, 4.69) is 10.3 Å². The number of carbonyl (C=O) groups is 1. The smallest absolute Gasteiger partial charge is 0.222 e. The minimum Gasteiger partial charge on any atom is -0.495 e. The lowest BCUT2D eigenvalue weighted by Gasteiger charge is -2.19. The molecule has 0 atom stereocenters. The number of likely N-dealkylation sites (tertiary alicyclic amines) is 1. The second-order valence-corrected chi connectivity index (χ2v) is 5.64. The molecule has 7 heteroatoms. The Kier molecular flexibility index (Phi) is 9.51. The summed E-state index contributed by atoms with van der Waals surface area (Å²) in [5.41, 5.74) is 6.69. The molecule has 3 N–H and O–H groups in total. The van der Waals surface area contributed by atoms with E-state index in [1.807, 2.05) is 29.2 Å². The molecule has 1 fully saturated rings. The average molecular weight is 446 g/mol. The summed E-state index contributed by atoms with van der Waals surface area (Å²) in [6, 6.07) is 7.55. The lowest BCUT2D eigenvalue weighted by molar-refractivity contribution is -0.130. The third kappa shape index (κ3) is 6.54. The van der Waals surface area contributed by atoms with Gasteiger partial charge < -0.3 is 20.7 Å². The molecule has 1 aliphatic rings. The quantitative estimate of drug-likeness (QED) is 0.305. The molecule has 24 heavy (non-hydrogen) atoms. The van der Waals surface area contributed by atoms with Gasteiger partial charge in [0.25, 0.3) is 0 Å². The number of guanidine groups is 1. The van der Waals surface area contributed by atoms with Crippen molar-refractivity contribution >= 4 is 41.5 Å². The molecule has 0 aromatic heterocycles. The molecule has 0 radical (unpaired) electrons. The monoisotopic (exact) mass is 446 g/mol. The fourth-order valence-corrected chi connectivity index (χ4v) is 2.66. The lowest BCUT2D eigenvalue weighted by atomic mass is 10.2. The highest BCUT2D eigenvalue weighted by Crippen LogP contribution is 2.22. The van der Waals surface area contributed by atoms with Crippen molar-refractivity contribution in [1.82, 2.24) is 4.90 Å². The van der Waals surface area contributed by atoms with Crippen LogP contribution in [-0.4, -0.2) is 43.5 Å². The number of nitrogens with one attached hydrogen (secondary N) is 1. The first-order valence-corrected chi connectivity index (χ1v) is 8.18. The standard InChI is InChI=1S/C17H26N4O2.HI/c1-23-15-9-5-4-8-14(15)20-17(18)19-11-7-13-21-12-6-2-3-10-16(21)22;/h4-5,8-9H,2-3,6-7,10-13H2,1H3,(H3,18,19,20);1H. The van der Waals surface area contributed by atoms with Gasteiger partial charge in [-0.25, -0.2) is 0 Å². The Balaban J connectivity index is 0.00000288. The molecule has 0 aliphatic carbocycles.